The summed E-state index contributed by atoms with van der Waals surface area (Å²) >= 11 is 10.7. The molecule has 0 aromatic rings. The van der Waals surface area contributed by atoms with Crippen molar-refractivity contribution in [1.29, 1.82) is 0 Å². The summed E-state index contributed by atoms with van der Waals surface area (Å²) in [7, 11) is 0. The Morgan fingerprint density at radius 2 is 1.92 bits per heavy atom. The van der Waals surface area contributed by atoms with Crippen molar-refractivity contribution in [3.8, 4) is 0 Å². The van der Waals surface area contributed by atoms with Crippen molar-refractivity contribution < 1.29 is 19.0 Å². The van der Waals surface area contributed by atoms with E-state index in [2.05, 4.69) is 60.4 Å². The normalized spacial score (nSPS) is 39.6. The number of hydrogen-bond acceptors (Lipinski definition) is 4. The molecule has 7 heteroatoms. The summed E-state index contributed by atoms with van der Waals surface area (Å²) < 4.78 is 18.1. The van der Waals surface area contributed by atoms with Crippen molar-refractivity contribution in [3.63, 3.8) is 0 Å². The van der Waals surface area contributed by atoms with Gasteiger partial charge in [-0.2, -0.15) is 0 Å². The maximum Gasteiger partial charge on any atom is 0.302 e. The highest BCUT2D eigenvalue weighted by molar-refractivity contribution is 9.11. The Kier molecular flexibility index (Phi) is 8.51. The molecule has 4 nitrogen and oxygen atoms in total. The first-order valence-corrected chi connectivity index (χ1v) is 11.0. The second-order valence-electron chi connectivity index (χ2n) is 6.16. The first-order valence-electron chi connectivity index (χ1n) is 8.22. The number of esters is 1. The van der Waals surface area contributed by atoms with E-state index in [-0.39, 0.29) is 46.1 Å². The van der Waals surface area contributed by atoms with Crippen LogP contribution in [-0.2, 0) is 19.0 Å². The Bertz CT molecular complexity index is 492. The molecular formula is C17H23Br3O4. The molecule has 0 spiro atoms. The van der Waals surface area contributed by atoms with E-state index in [1.54, 1.807) is 4.99 Å². The fraction of sp³-hybridized carbons (Fsp3) is 0.765. The maximum absolute atomic E-state index is 11.5. The highest BCUT2D eigenvalue weighted by Crippen LogP contribution is 2.36. The Morgan fingerprint density at radius 3 is 2.54 bits per heavy atom. The molecule has 2 fully saturated rings. The molecule has 0 amide bonds. The van der Waals surface area contributed by atoms with Crippen LogP contribution in [0.5, 0.6) is 0 Å². The molecule has 2 saturated heterocycles. The van der Waals surface area contributed by atoms with Crippen molar-refractivity contribution in [2.24, 2.45) is 0 Å². The van der Waals surface area contributed by atoms with Gasteiger partial charge in [0, 0.05) is 29.6 Å². The highest BCUT2D eigenvalue weighted by Gasteiger charge is 2.42. The molecule has 0 N–H and O–H groups in total. The van der Waals surface area contributed by atoms with E-state index < -0.39 is 0 Å². The fourth-order valence-electron chi connectivity index (χ4n) is 3.24. The van der Waals surface area contributed by atoms with Crippen LogP contribution in [0.1, 0.15) is 39.5 Å². The summed E-state index contributed by atoms with van der Waals surface area (Å²) in [5, 5.41) is 0. The molecule has 4 unspecified atom stereocenters. The van der Waals surface area contributed by atoms with Crippen LogP contribution in [0.15, 0.2) is 16.8 Å². The van der Waals surface area contributed by atoms with Gasteiger partial charge in [-0.1, -0.05) is 54.7 Å². The molecule has 0 aliphatic carbocycles. The van der Waals surface area contributed by atoms with Crippen LogP contribution in [0.25, 0.3) is 0 Å². The standard InChI is InChI=1S/C17H23Br3O4/c1-3-14-12(19)8-13(20)15(22-10(2)21)9-17-16(24-14)7-11(23-17)5-4-6-18/h5-6,11-17H,3,7-9H2,1-2H3/t4?,11-,12?,13?,14?,15?,16-,17-/m1/s1. The first-order chi connectivity index (χ1) is 11.4. The predicted octanol–water partition coefficient (Wildman–Crippen LogP) is 4.62. The third kappa shape index (κ3) is 5.68. The number of halogens is 3. The lowest BCUT2D eigenvalue weighted by atomic mass is 10.0. The summed E-state index contributed by atoms with van der Waals surface area (Å²) in [5.74, 6) is -0.268. The van der Waals surface area contributed by atoms with E-state index in [4.69, 9.17) is 14.2 Å². The van der Waals surface area contributed by atoms with E-state index >= 15 is 0 Å². The van der Waals surface area contributed by atoms with Crippen LogP contribution in [0.3, 0.4) is 0 Å². The van der Waals surface area contributed by atoms with Gasteiger partial charge in [0.05, 0.1) is 29.2 Å². The Hall–Kier alpha value is 0.350. The van der Waals surface area contributed by atoms with E-state index in [0.29, 0.717) is 6.42 Å². The van der Waals surface area contributed by atoms with Crippen LogP contribution in [0.2, 0.25) is 0 Å². The predicted molar refractivity (Wildman–Crippen MR) is 104 cm³/mol. The van der Waals surface area contributed by atoms with Gasteiger partial charge in [-0.25, -0.2) is 0 Å². The summed E-state index contributed by atoms with van der Waals surface area (Å²) in [6, 6.07) is 0. The highest BCUT2D eigenvalue weighted by atomic mass is 79.9. The van der Waals surface area contributed by atoms with Gasteiger partial charge in [0.2, 0.25) is 0 Å². The van der Waals surface area contributed by atoms with E-state index in [1.165, 1.54) is 6.92 Å². The molecule has 2 aliphatic heterocycles. The minimum Gasteiger partial charge on any atom is -0.461 e. The summed E-state index contributed by atoms with van der Waals surface area (Å²) in [6.07, 6.45) is 4.78. The second-order valence-corrected chi connectivity index (χ2v) is 8.97. The molecular weight excluding hydrogens is 508 g/mol. The number of hydrogen-bond donors (Lipinski definition) is 0. The zero-order chi connectivity index (χ0) is 17.7. The molecule has 2 heterocycles. The van der Waals surface area contributed by atoms with Crippen LogP contribution in [0.4, 0.5) is 0 Å². The van der Waals surface area contributed by atoms with Crippen LogP contribution in [-0.4, -0.2) is 46.1 Å². The number of fused-ring (bicyclic) bond motifs is 1. The van der Waals surface area contributed by atoms with Gasteiger partial charge in [-0.3, -0.25) is 4.79 Å². The maximum atomic E-state index is 11.5. The van der Waals surface area contributed by atoms with Gasteiger partial charge in [-0.05, 0) is 18.9 Å². The van der Waals surface area contributed by atoms with Crippen molar-refractivity contribution in [1.82, 2.24) is 0 Å². The number of rotatable bonds is 3. The van der Waals surface area contributed by atoms with Gasteiger partial charge in [0.1, 0.15) is 6.10 Å². The molecule has 2 rings (SSSR count). The molecule has 136 valence electrons. The first kappa shape index (κ1) is 20.7. The number of ether oxygens (including phenoxy) is 3. The second kappa shape index (κ2) is 9.89. The molecule has 24 heavy (non-hydrogen) atoms. The molecule has 0 aromatic heterocycles. The lowest BCUT2D eigenvalue weighted by molar-refractivity contribution is -0.148. The number of carbonyl (C=O) groups is 1. The smallest absolute Gasteiger partial charge is 0.302 e. The fourth-order valence-corrected chi connectivity index (χ4v) is 5.52. The number of alkyl halides is 2. The van der Waals surface area contributed by atoms with Gasteiger partial charge >= 0.3 is 5.97 Å². The Labute approximate surface area is 168 Å². The van der Waals surface area contributed by atoms with Crippen molar-refractivity contribution in [2.45, 2.75) is 79.7 Å². The molecule has 0 radical (unpaired) electrons. The summed E-state index contributed by atoms with van der Waals surface area (Å²) in [4.78, 5) is 13.4. The Balaban J connectivity index is 2.21. The quantitative estimate of drug-likeness (QED) is 0.303. The lowest BCUT2D eigenvalue weighted by Gasteiger charge is -2.26. The molecule has 7 atom stereocenters. The van der Waals surface area contributed by atoms with E-state index in [1.807, 2.05) is 6.08 Å². The minimum atomic E-state index is -0.268. The minimum absolute atomic E-state index is 0.00997. The van der Waals surface area contributed by atoms with Gasteiger partial charge in [0.15, 0.2) is 0 Å². The van der Waals surface area contributed by atoms with E-state index in [9.17, 15) is 4.79 Å². The molecule has 2 aliphatic rings. The SMILES string of the molecule is CCC1O[C@@H]2C[C@@H](C=C=CBr)O[C@@H]2CC(OC(C)=O)C(Br)CC1Br. The van der Waals surface area contributed by atoms with Crippen molar-refractivity contribution in [2.75, 3.05) is 0 Å². The monoisotopic (exact) mass is 528 g/mol. The third-order valence-electron chi connectivity index (χ3n) is 4.37. The third-order valence-corrected chi connectivity index (χ3v) is 6.56. The average Bonchev–Trinajstić information content (AvgIpc) is 2.91. The van der Waals surface area contributed by atoms with Crippen LogP contribution >= 0.6 is 47.8 Å². The Morgan fingerprint density at radius 1 is 1.21 bits per heavy atom. The molecule has 0 saturated carbocycles. The summed E-state index contributed by atoms with van der Waals surface area (Å²) in [6.45, 7) is 3.57. The molecule has 0 bridgehead atoms. The van der Waals surface area contributed by atoms with Crippen LogP contribution in [0, 0.1) is 0 Å². The lowest BCUT2D eigenvalue weighted by Crippen LogP contribution is -2.34. The van der Waals surface area contributed by atoms with Crippen molar-refractivity contribution in [3.05, 3.63) is 16.8 Å². The largest absolute Gasteiger partial charge is 0.461 e. The topological polar surface area (TPSA) is 44.8 Å². The number of carbonyl (C=O) groups excluding carboxylic acids is 1. The van der Waals surface area contributed by atoms with Gasteiger partial charge in [0.25, 0.3) is 0 Å². The zero-order valence-electron chi connectivity index (χ0n) is 13.8. The van der Waals surface area contributed by atoms with Gasteiger partial charge in [-0.15, -0.1) is 5.73 Å². The zero-order valence-corrected chi connectivity index (χ0v) is 18.5. The molecule has 0 aromatic carbocycles. The van der Waals surface area contributed by atoms with E-state index in [0.717, 1.165) is 19.3 Å². The average molecular weight is 531 g/mol. The summed E-state index contributed by atoms with van der Waals surface area (Å²) in [5.41, 5.74) is 3.01. The van der Waals surface area contributed by atoms with Crippen LogP contribution < -0.4 is 0 Å². The van der Waals surface area contributed by atoms with Crippen molar-refractivity contribution >= 4 is 53.8 Å². The van der Waals surface area contributed by atoms with Gasteiger partial charge < -0.3 is 14.2 Å².